The molecule has 1 fully saturated rings. The van der Waals surface area contributed by atoms with Crippen molar-refractivity contribution in [3.63, 3.8) is 0 Å². The molecule has 1 aliphatic carbocycles. The summed E-state index contributed by atoms with van der Waals surface area (Å²) in [6.07, 6.45) is 7.40. The van der Waals surface area contributed by atoms with E-state index in [2.05, 4.69) is 22.0 Å². The maximum atomic E-state index is 5.51. The van der Waals surface area contributed by atoms with Crippen LogP contribution >= 0.6 is 0 Å². The molecule has 1 saturated heterocycles. The number of ether oxygens (including phenoxy) is 2. The van der Waals surface area contributed by atoms with E-state index in [0.29, 0.717) is 0 Å². The van der Waals surface area contributed by atoms with Gasteiger partial charge in [-0.2, -0.15) is 0 Å². The van der Waals surface area contributed by atoms with E-state index in [9.17, 15) is 0 Å². The van der Waals surface area contributed by atoms with Crippen LogP contribution < -0.4 is 0 Å². The third-order valence-electron chi connectivity index (χ3n) is 2.10. The Morgan fingerprint density at radius 1 is 1.15 bits per heavy atom. The van der Waals surface area contributed by atoms with E-state index in [1.165, 1.54) is 0 Å². The van der Waals surface area contributed by atoms with Crippen LogP contribution in [0.2, 0.25) is 9.88 Å². The van der Waals surface area contributed by atoms with E-state index in [1.54, 1.807) is 0 Å². The van der Waals surface area contributed by atoms with Gasteiger partial charge in [0, 0.05) is 12.8 Å². The first-order valence-electron chi connectivity index (χ1n) is 4.84. The van der Waals surface area contributed by atoms with Gasteiger partial charge < -0.3 is 9.47 Å². The van der Waals surface area contributed by atoms with Crippen molar-refractivity contribution in [3.8, 4) is 0 Å². The molecule has 0 unspecified atom stereocenters. The standard InChI is InChI=1S/C8H12O2.2CH3.Sn/c1-2-4-8(5-3-1)9-6-7-10-8;;;/h1-2H,3-7H2;2*1H3;. The van der Waals surface area contributed by atoms with Crippen LogP contribution in [0.15, 0.2) is 12.2 Å². The second kappa shape index (κ2) is 6.04. The molecular weight excluding hydrogens is 271 g/mol. The maximum absolute atomic E-state index is 5.51. The molecule has 2 rings (SSSR count). The van der Waals surface area contributed by atoms with Crippen molar-refractivity contribution in [2.75, 3.05) is 13.2 Å². The van der Waals surface area contributed by atoms with Gasteiger partial charge in [0.15, 0.2) is 5.79 Å². The fourth-order valence-corrected chi connectivity index (χ4v) is 1.55. The third kappa shape index (κ3) is 3.60. The molecule has 74 valence electrons. The monoisotopic (exact) mass is 290 g/mol. The SMILES string of the molecule is C1=CCC2(CC1)OCCO2.[CH3][Sn][CH3]. The van der Waals surface area contributed by atoms with E-state index < -0.39 is 0 Å². The van der Waals surface area contributed by atoms with Crippen LogP contribution in [-0.2, 0) is 9.47 Å². The predicted octanol–water partition coefficient (Wildman–Crippen LogP) is 2.26. The van der Waals surface area contributed by atoms with Gasteiger partial charge >= 0.3 is 31.0 Å². The van der Waals surface area contributed by atoms with Crippen molar-refractivity contribution in [2.45, 2.75) is 34.9 Å². The molecule has 2 radical (unpaired) electrons. The van der Waals surface area contributed by atoms with Gasteiger partial charge in [-0.05, 0) is 6.42 Å². The molecule has 0 aromatic rings. The summed E-state index contributed by atoms with van der Waals surface area (Å²) in [7, 11) is 0. The van der Waals surface area contributed by atoms with Gasteiger partial charge in [-0.1, -0.05) is 12.2 Å². The van der Waals surface area contributed by atoms with Crippen molar-refractivity contribution >= 4 is 21.1 Å². The Labute approximate surface area is 90.9 Å². The molecule has 0 amide bonds. The Hall–Kier alpha value is 0.459. The summed E-state index contributed by atoms with van der Waals surface area (Å²) >= 11 is 0.230. The number of allylic oxidation sites excluding steroid dienone is 1. The molecule has 0 aromatic heterocycles. The summed E-state index contributed by atoms with van der Waals surface area (Å²) in [5.74, 6) is -0.214. The number of rotatable bonds is 0. The molecule has 1 spiro atoms. The van der Waals surface area contributed by atoms with Gasteiger partial charge in [-0.3, -0.25) is 0 Å². The summed E-state index contributed by atoms with van der Waals surface area (Å²) in [4.78, 5) is 4.59. The zero-order valence-electron chi connectivity index (χ0n) is 8.51. The summed E-state index contributed by atoms with van der Waals surface area (Å²) in [5, 5.41) is 0. The van der Waals surface area contributed by atoms with Gasteiger partial charge in [-0.25, -0.2) is 0 Å². The van der Waals surface area contributed by atoms with Gasteiger partial charge in [0.2, 0.25) is 0 Å². The van der Waals surface area contributed by atoms with Gasteiger partial charge in [-0.15, -0.1) is 0 Å². The second-order valence-corrected chi connectivity index (χ2v) is 6.18. The van der Waals surface area contributed by atoms with E-state index >= 15 is 0 Å². The molecule has 2 nitrogen and oxygen atoms in total. The molecule has 0 saturated carbocycles. The van der Waals surface area contributed by atoms with Crippen molar-refractivity contribution in [2.24, 2.45) is 0 Å². The second-order valence-electron chi connectivity index (χ2n) is 3.32. The molecule has 0 N–H and O–H groups in total. The first-order chi connectivity index (χ1) is 6.33. The van der Waals surface area contributed by atoms with Crippen LogP contribution in [0.25, 0.3) is 0 Å². The van der Waals surface area contributed by atoms with E-state index in [1.807, 2.05) is 0 Å². The van der Waals surface area contributed by atoms with Gasteiger partial charge in [0.25, 0.3) is 0 Å². The average molecular weight is 289 g/mol. The van der Waals surface area contributed by atoms with Crippen molar-refractivity contribution in [1.29, 1.82) is 0 Å². The van der Waals surface area contributed by atoms with E-state index in [0.717, 1.165) is 32.5 Å². The topological polar surface area (TPSA) is 18.5 Å². The van der Waals surface area contributed by atoms with Crippen molar-refractivity contribution in [1.82, 2.24) is 0 Å². The Kier molecular flexibility index (Phi) is 5.36. The minimum atomic E-state index is -0.214. The first kappa shape index (κ1) is 11.5. The van der Waals surface area contributed by atoms with Crippen LogP contribution in [0.5, 0.6) is 0 Å². The molecule has 1 aliphatic heterocycles. The zero-order valence-corrected chi connectivity index (χ0v) is 11.4. The summed E-state index contributed by atoms with van der Waals surface area (Å²) in [6.45, 7) is 1.54. The molecule has 3 heteroatoms. The number of hydrogen-bond donors (Lipinski definition) is 0. The van der Waals surface area contributed by atoms with Crippen LogP contribution in [0.3, 0.4) is 0 Å². The van der Waals surface area contributed by atoms with Crippen LogP contribution in [0, 0.1) is 0 Å². The van der Waals surface area contributed by atoms with Crippen LogP contribution in [-0.4, -0.2) is 40.1 Å². The molecular formula is C10H18O2Sn. The number of hydrogen-bond acceptors (Lipinski definition) is 2. The Balaban J connectivity index is 0.000000251. The molecule has 2 aliphatic rings. The zero-order chi connectivity index (χ0) is 9.57. The molecule has 0 atom stereocenters. The minimum absolute atomic E-state index is 0.214. The third-order valence-corrected chi connectivity index (χ3v) is 2.10. The van der Waals surface area contributed by atoms with Crippen molar-refractivity contribution < 1.29 is 9.47 Å². The van der Waals surface area contributed by atoms with Crippen LogP contribution in [0.4, 0.5) is 0 Å². The van der Waals surface area contributed by atoms with Gasteiger partial charge in [0.05, 0.1) is 13.2 Å². The Morgan fingerprint density at radius 3 is 2.23 bits per heavy atom. The summed E-state index contributed by atoms with van der Waals surface area (Å²) in [5.41, 5.74) is 0. The Morgan fingerprint density at radius 2 is 1.77 bits per heavy atom. The molecule has 1 heterocycles. The fourth-order valence-electron chi connectivity index (χ4n) is 1.55. The summed E-state index contributed by atoms with van der Waals surface area (Å²) in [6, 6.07) is 0. The van der Waals surface area contributed by atoms with E-state index in [4.69, 9.17) is 9.47 Å². The molecule has 13 heavy (non-hydrogen) atoms. The summed E-state index contributed by atoms with van der Waals surface area (Å²) < 4.78 is 11.0. The van der Waals surface area contributed by atoms with Crippen molar-refractivity contribution in [3.05, 3.63) is 12.2 Å². The average Bonchev–Trinajstić information content (AvgIpc) is 2.56. The normalized spacial score (nSPS) is 24.2. The fraction of sp³-hybridized carbons (Fsp3) is 0.800. The van der Waals surface area contributed by atoms with E-state index in [-0.39, 0.29) is 26.9 Å². The first-order valence-corrected chi connectivity index (χ1v) is 10.6. The van der Waals surface area contributed by atoms with Crippen LogP contribution in [0.1, 0.15) is 19.3 Å². The quantitative estimate of drug-likeness (QED) is 0.503. The Bertz CT molecular complexity index is 162. The van der Waals surface area contributed by atoms with Gasteiger partial charge in [0.1, 0.15) is 0 Å². The predicted molar refractivity (Wildman–Crippen MR) is 55.1 cm³/mol. The molecule has 0 aromatic carbocycles. The molecule has 0 bridgehead atoms.